The summed E-state index contributed by atoms with van der Waals surface area (Å²) < 4.78 is 7.30. The molecule has 0 spiro atoms. The summed E-state index contributed by atoms with van der Waals surface area (Å²) in [5, 5.41) is 7.51. The van der Waals surface area contributed by atoms with Gasteiger partial charge in [0, 0.05) is 43.7 Å². The number of rotatable bonds is 4. The van der Waals surface area contributed by atoms with E-state index in [2.05, 4.69) is 202 Å². The molecule has 11 aromatic rings. The van der Waals surface area contributed by atoms with Crippen LogP contribution >= 0.6 is 0 Å². The lowest BCUT2D eigenvalue weighted by molar-refractivity contribution is 1.13. The second-order valence-corrected chi connectivity index (χ2v) is 13.3. The van der Waals surface area contributed by atoms with Crippen LogP contribution in [0.15, 0.2) is 188 Å². The van der Waals surface area contributed by atoms with Crippen molar-refractivity contribution in [3.8, 4) is 28.2 Å². The minimum Gasteiger partial charge on any atom is -0.309 e. The summed E-state index contributed by atoms with van der Waals surface area (Å²) in [6.45, 7) is 0. The third-order valence-electron chi connectivity index (χ3n) is 10.6. The predicted molar refractivity (Wildman–Crippen MR) is 215 cm³/mol. The molecule has 0 amide bonds. The van der Waals surface area contributed by atoms with E-state index in [0.29, 0.717) is 0 Å². The predicted octanol–water partition coefficient (Wildman–Crippen LogP) is 12.6. The largest absolute Gasteiger partial charge is 0.309 e. The van der Waals surface area contributed by atoms with Gasteiger partial charge in [0.15, 0.2) is 0 Å². The second kappa shape index (κ2) is 10.8. The molecule has 0 aliphatic heterocycles. The molecule has 0 aliphatic carbocycles. The molecule has 0 unspecified atom stereocenters. The minimum absolute atomic E-state index is 1.14. The van der Waals surface area contributed by atoms with Crippen molar-refractivity contribution < 1.29 is 0 Å². The molecule has 0 radical (unpaired) electrons. The Kier molecular flexibility index (Phi) is 5.96. The van der Waals surface area contributed by atoms with Gasteiger partial charge >= 0.3 is 0 Å². The van der Waals surface area contributed by atoms with Crippen LogP contribution < -0.4 is 0 Å². The number of aromatic nitrogens is 3. The Hall–Kier alpha value is -6.84. The van der Waals surface area contributed by atoms with Crippen LogP contribution in [0.2, 0.25) is 0 Å². The number of hydrogen-bond donors (Lipinski definition) is 0. The van der Waals surface area contributed by atoms with Gasteiger partial charge in [-0.05, 0) is 77.9 Å². The van der Waals surface area contributed by atoms with E-state index in [1.165, 1.54) is 82.2 Å². The van der Waals surface area contributed by atoms with Crippen molar-refractivity contribution in [2.24, 2.45) is 0 Å². The van der Waals surface area contributed by atoms with E-state index < -0.39 is 0 Å². The molecule has 3 aromatic heterocycles. The number of hydrogen-bond acceptors (Lipinski definition) is 0. The van der Waals surface area contributed by atoms with Gasteiger partial charge in [-0.15, -0.1) is 0 Å². The Balaban J connectivity index is 1.25. The van der Waals surface area contributed by atoms with Crippen LogP contribution in [-0.2, 0) is 0 Å². The van der Waals surface area contributed by atoms with Gasteiger partial charge in [-0.2, -0.15) is 0 Å². The van der Waals surface area contributed by atoms with Gasteiger partial charge in [0.2, 0.25) is 0 Å². The van der Waals surface area contributed by atoms with Crippen molar-refractivity contribution in [1.29, 1.82) is 0 Å². The first-order chi connectivity index (χ1) is 25.3. The van der Waals surface area contributed by atoms with Crippen LogP contribution in [0.3, 0.4) is 0 Å². The monoisotopic (exact) mass is 649 g/mol. The quantitative estimate of drug-likeness (QED) is 0.180. The highest BCUT2D eigenvalue weighted by atomic mass is 15.1. The van der Waals surface area contributed by atoms with Gasteiger partial charge in [-0.3, -0.25) is 0 Å². The zero-order valence-corrected chi connectivity index (χ0v) is 27.7. The molecule has 51 heavy (non-hydrogen) atoms. The summed E-state index contributed by atoms with van der Waals surface area (Å²) in [6, 6.07) is 68.4. The van der Waals surface area contributed by atoms with E-state index in [4.69, 9.17) is 0 Å². The fourth-order valence-corrected chi connectivity index (χ4v) is 8.54. The van der Waals surface area contributed by atoms with E-state index in [9.17, 15) is 0 Å². The third-order valence-corrected chi connectivity index (χ3v) is 10.6. The number of benzene rings is 8. The molecule has 3 nitrogen and oxygen atoms in total. The number of para-hydroxylation sites is 6. The average Bonchev–Trinajstić information content (AvgIpc) is 3.84. The normalized spacial score (nSPS) is 11.9. The van der Waals surface area contributed by atoms with Crippen LogP contribution in [0.1, 0.15) is 0 Å². The maximum atomic E-state index is 2.47. The minimum atomic E-state index is 1.14. The summed E-state index contributed by atoms with van der Waals surface area (Å²) >= 11 is 0. The van der Waals surface area contributed by atoms with E-state index in [1.807, 2.05) is 0 Å². The smallest absolute Gasteiger partial charge is 0.0782 e. The SMILES string of the molecule is c1ccc(-n2c3ccccc3c3cc(-c4cccc5c4c4cccc(-n6c7ccccc7c7ccccc76)c4n5-c4ccccc4)ccc32)cc1. The lowest BCUT2D eigenvalue weighted by atomic mass is 9.97. The first-order valence-electron chi connectivity index (χ1n) is 17.5. The molecule has 3 heteroatoms. The zero-order chi connectivity index (χ0) is 33.5. The highest BCUT2D eigenvalue weighted by Gasteiger charge is 2.22. The topological polar surface area (TPSA) is 14.8 Å². The van der Waals surface area contributed by atoms with Crippen molar-refractivity contribution in [2.75, 3.05) is 0 Å². The van der Waals surface area contributed by atoms with Gasteiger partial charge in [0.25, 0.3) is 0 Å². The molecule has 11 rings (SSSR count). The summed E-state index contributed by atoms with van der Waals surface area (Å²) in [4.78, 5) is 0. The van der Waals surface area contributed by atoms with Crippen molar-refractivity contribution in [3.63, 3.8) is 0 Å². The second-order valence-electron chi connectivity index (χ2n) is 13.3. The summed E-state index contributed by atoms with van der Waals surface area (Å²) in [5.41, 5.74) is 13.1. The van der Waals surface area contributed by atoms with Crippen LogP contribution in [0, 0.1) is 0 Å². The van der Waals surface area contributed by atoms with E-state index in [-0.39, 0.29) is 0 Å². The van der Waals surface area contributed by atoms with Gasteiger partial charge in [-0.25, -0.2) is 0 Å². The molecule has 0 atom stereocenters. The summed E-state index contributed by atoms with van der Waals surface area (Å²) in [7, 11) is 0. The van der Waals surface area contributed by atoms with E-state index in [0.717, 1.165) is 11.4 Å². The van der Waals surface area contributed by atoms with Crippen molar-refractivity contribution >= 4 is 65.4 Å². The molecular formula is C48H31N3. The number of fused-ring (bicyclic) bond motifs is 9. The Labute approximate surface area is 294 Å². The molecule has 0 N–H and O–H groups in total. The molecular weight excluding hydrogens is 619 g/mol. The van der Waals surface area contributed by atoms with Gasteiger partial charge in [-0.1, -0.05) is 121 Å². The van der Waals surface area contributed by atoms with Crippen LogP contribution in [0.4, 0.5) is 0 Å². The highest BCUT2D eigenvalue weighted by Crippen LogP contribution is 2.44. The first-order valence-corrected chi connectivity index (χ1v) is 17.5. The average molecular weight is 650 g/mol. The van der Waals surface area contributed by atoms with E-state index in [1.54, 1.807) is 0 Å². The van der Waals surface area contributed by atoms with Crippen LogP contribution in [0.25, 0.3) is 93.6 Å². The molecule has 0 saturated heterocycles. The summed E-state index contributed by atoms with van der Waals surface area (Å²) in [5.74, 6) is 0. The first kappa shape index (κ1) is 28.0. The molecule has 0 fully saturated rings. The molecule has 0 aliphatic rings. The van der Waals surface area contributed by atoms with Gasteiger partial charge in [0.1, 0.15) is 0 Å². The molecule has 3 heterocycles. The Bertz CT molecular complexity index is 3070. The van der Waals surface area contributed by atoms with E-state index >= 15 is 0 Å². The molecule has 8 aromatic carbocycles. The van der Waals surface area contributed by atoms with Crippen molar-refractivity contribution in [1.82, 2.24) is 13.7 Å². The zero-order valence-electron chi connectivity index (χ0n) is 27.7. The van der Waals surface area contributed by atoms with Gasteiger partial charge < -0.3 is 13.7 Å². The van der Waals surface area contributed by atoms with Crippen molar-refractivity contribution in [3.05, 3.63) is 188 Å². The molecule has 0 bridgehead atoms. The third kappa shape index (κ3) is 4.00. The molecule has 0 saturated carbocycles. The van der Waals surface area contributed by atoms with Crippen molar-refractivity contribution in [2.45, 2.75) is 0 Å². The molecule has 238 valence electrons. The summed E-state index contributed by atoms with van der Waals surface area (Å²) in [6.07, 6.45) is 0. The maximum Gasteiger partial charge on any atom is 0.0782 e. The lowest BCUT2D eigenvalue weighted by Crippen LogP contribution is -2.00. The van der Waals surface area contributed by atoms with Crippen LogP contribution in [0.5, 0.6) is 0 Å². The fourth-order valence-electron chi connectivity index (χ4n) is 8.54. The Morgan fingerprint density at radius 1 is 0.294 bits per heavy atom. The fraction of sp³-hybridized carbons (Fsp3) is 0. The maximum absolute atomic E-state index is 2.47. The standard InChI is InChI=1S/C48H31N3/c1-3-15-33(16-4-1)49-41-24-10-9-21-38(41)40-31-32(29-30-44(40)49)35-22-13-27-45-47(35)39-23-14-28-46(48(39)50(45)34-17-5-2-6-18-34)51-42-25-11-7-19-36(42)37-20-8-12-26-43(37)51/h1-31H. The van der Waals surface area contributed by atoms with Gasteiger partial charge in [0.05, 0.1) is 38.8 Å². The highest BCUT2D eigenvalue weighted by molar-refractivity contribution is 6.20. The number of nitrogens with zero attached hydrogens (tertiary/aromatic N) is 3. The lowest BCUT2D eigenvalue weighted by Gasteiger charge is -2.14. The van der Waals surface area contributed by atoms with Crippen LogP contribution in [-0.4, -0.2) is 13.7 Å². The Morgan fingerprint density at radius 3 is 1.45 bits per heavy atom. The Morgan fingerprint density at radius 2 is 0.784 bits per heavy atom.